The lowest BCUT2D eigenvalue weighted by atomic mass is 10.1. The lowest BCUT2D eigenvalue weighted by molar-refractivity contribution is 0.0680. The second-order valence-corrected chi connectivity index (χ2v) is 8.46. The zero-order valence-corrected chi connectivity index (χ0v) is 18.0. The minimum atomic E-state index is 0.0942. The number of hydrogen-bond donors (Lipinski definition) is 2. The van der Waals surface area contributed by atoms with E-state index in [1.54, 1.807) is 11.3 Å². The molecule has 0 amide bonds. The first-order valence-corrected chi connectivity index (χ1v) is 10.9. The highest BCUT2D eigenvalue weighted by atomic mass is 32.1. The fraction of sp³-hybridized carbons (Fsp3) is 0.429. The van der Waals surface area contributed by atoms with Gasteiger partial charge in [0.25, 0.3) is 0 Å². The molecule has 0 radical (unpaired) electrons. The van der Waals surface area contributed by atoms with Crippen LogP contribution in [0.5, 0.6) is 5.75 Å². The van der Waals surface area contributed by atoms with Gasteiger partial charge >= 0.3 is 0 Å². The van der Waals surface area contributed by atoms with Gasteiger partial charge < -0.3 is 20.1 Å². The van der Waals surface area contributed by atoms with Crippen LogP contribution in [0, 0.1) is 5.41 Å². The number of hydrogen-bond acceptors (Lipinski definition) is 6. The highest BCUT2D eigenvalue weighted by Gasteiger charge is 2.24. The van der Waals surface area contributed by atoms with E-state index in [1.807, 2.05) is 36.9 Å². The fourth-order valence-corrected chi connectivity index (χ4v) is 4.50. The van der Waals surface area contributed by atoms with Gasteiger partial charge in [0, 0.05) is 41.6 Å². The van der Waals surface area contributed by atoms with Gasteiger partial charge in [0.15, 0.2) is 10.8 Å². The number of aliphatic imine (C=N–C) groups is 2. The molecule has 3 heterocycles. The van der Waals surface area contributed by atoms with Gasteiger partial charge in [-0.05, 0) is 26.0 Å². The van der Waals surface area contributed by atoms with Gasteiger partial charge in [-0.15, -0.1) is 11.3 Å². The zero-order chi connectivity index (χ0) is 21.1. The summed E-state index contributed by atoms with van der Waals surface area (Å²) in [4.78, 5) is 16.8. The lowest BCUT2D eigenvalue weighted by Gasteiger charge is -2.29. The van der Waals surface area contributed by atoms with E-state index in [2.05, 4.69) is 9.98 Å². The predicted octanol–water partition coefficient (Wildman–Crippen LogP) is 2.54. The monoisotopic (exact) mass is 426 g/mol. The number of nitrogens with zero attached hydrogens (tertiary/aromatic N) is 4. The number of nitrogens with two attached hydrogens (primary N) is 1. The standard InChI is InChI=1S/C21H26N6O2S/c1-13(2)25-20(24-12-22)21-26-18-15-4-3-14(19(23)27-6-9-28-10-7-27)11-16(15)29-8-5-17(18)30-21/h3-4,11-13,23H,5-10H2,1-2H3,(H2,22,24,25). The molecule has 1 aromatic heterocycles. The first kappa shape index (κ1) is 20.5. The largest absolute Gasteiger partial charge is 0.492 e. The maximum absolute atomic E-state index is 8.57. The number of nitrogens with one attached hydrogen (secondary N) is 1. The third-order valence-electron chi connectivity index (χ3n) is 4.89. The topological polar surface area (TPSA) is 109 Å². The number of ether oxygens (including phenoxy) is 2. The molecule has 30 heavy (non-hydrogen) atoms. The van der Waals surface area contributed by atoms with Crippen molar-refractivity contribution in [2.45, 2.75) is 26.3 Å². The summed E-state index contributed by atoms with van der Waals surface area (Å²) in [5, 5.41) is 9.33. The van der Waals surface area contributed by atoms with E-state index in [-0.39, 0.29) is 6.04 Å². The van der Waals surface area contributed by atoms with E-state index in [0.29, 0.717) is 31.5 Å². The third kappa shape index (κ3) is 4.22. The van der Waals surface area contributed by atoms with Crippen LogP contribution in [-0.4, -0.2) is 66.8 Å². The Hall–Kier alpha value is -2.78. The summed E-state index contributed by atoms with van der Waals surface area (Å²) in [6, 6.07) is 6.01. The fourth-order valence-electron chi connectivity index (χ4n) is 3.49. The molecule has 0 bridgehead atoms. The van der Waals surface area contributed by atoms with Crippen molar-refractivity contribution in [3.63, 3.8) is 0 Å². The summed E-state index contributed by atoms with van der Waals surface area (Å²) in [5.41, 5.74) is 8.20. The van der Waals surface area contributed by atoms with Crippen LogP contribution in [0.15, 0.2) is 28.2 Å². The molecule has 8 nitrogen and oxygen atoms in total. The molecule has 0 spiro atoms. The van der Waals surface area contributed by atoms with Gasteiger partial charge in [-0.25, -0.2) is 9.98 Å². The van der Waals surface area contributed by atoms with Crippen LogP contribution in [0.25, 0.3) is 11.3 Å². The number of rotatable bonds is 3. The van der Waals surface area contributed by atoms with Crippen LogP contribution >= 0.6 is 11.3 Å². The van der Waals surface area contributed by atoms with E-state index in [9.17, 15) is 0 Å². The number of amidine groups is 2. The SMILES string of the molecule is CC(C)N=C(N=CN)c1nc2c(s1)CCOc1cc(C(=N)N3CCOCC3)ccc1-2. The van der Waals surface area contributed by atoms with Crippen molar-refractivity contribution in [2.24, 2.45) is 15.7 Å². The normalized spacial score (nSPS) is 16.9. The van der Waals surface area contributed by atoms with Crippen molar-refractivity contribution in [3.05, 3.63) is 33.6 Å². The van der Waals surface area contributed by atoms with E-state index >= 15 is 0 Å². The molecule has 0 saturated carbocycles. The Labute approximate surface area is 180 Å². The molecule has 1 saturated heterocycles. The average Bonchev–Trinajstić information content (AvgIpc) is 3.09. The van der Waals surface area contributed by atoms with Crippen molar-refractivity contribution < 1.29 is 9.47 Å². The summed E-state index contributed by atoms with van der Waals surface area (Å²) in [6.45, 7) is 7.33. The van der Waals surface area contributed by atoms with Crippen LogP contribution in [0.3, 0.4) is 0 Å². The molecular formula is C21H26N6O2S. The van der Waals surface area contributed by atoms with Crippen LogP contribution in [0.4, 0.5) is 0 Å². The summed E-state index contributed by atoms with van der Waals surface area (Å²) < 4.78 is 11.4. The number of thiazole rings is 1. The molecule has 9 heteroatoms. The Bertz CT molecular complexity index is 991. The maximum Gasteiger partial charge on any atom is 0.185 e. The van der Waals surface area contributed by atoms with Gasteiger partial charge in [-0.3, -0.25) is 10.4 Å². The van der Waals surface area contributed by atoms with Crippen molar-refractivity contribution in [2.75, 3.05) is 32.9 Å². The maximum atomic E-state index is 8.57. The molecule has 158 valence electrons. The molecule has 1 fully saturated rings. The average molecular weight is 427 g/mol. The molecule has 2 aliphatic rings. The van der Waals surface area contributed by atoms with E-state index in [0.717, 1.165) is 52.0 Å². The molecule has 0 unspecified atom stereocenters. The summed E-state index contributed by atoms with van der Waals surface area (Å²) in [7, 11) is 0. The minimum Gasteiger partial charge on any atom is -0.492 e. The molecule has 2 aliphatic heterocycles. The summed E-state index contributed by atoms with van der Waals surface area (Å²) >= 11 is 1.58. The van der Waals surface area contributed by atoms with E-state index in [4.69, 9.17) is 25.6 Å². The highest BCUT2D eigenvalue weighted by Crippen LogP contribution is 2.38. The predicted molar refractivity (Wildman–Crippen MR) is 120 cm³/mol. The number of morpholine rings is 1. The van der Waals surface area contributed by atoms with Crippen molar-refractivity contribution >= 4 is 29.3 Å². The van der Waals surface area contributed by atoms with Crippen molar-refractivity contribution in [3.8, 4) is 17.0 Å². The molecule has 3 N–H and O–H groups in total. The lowest BCUT2D eigenvalue weighted by Crippen LogP contribution is -2.40. The van der Waals surface area contributed by atoms with Crippen LogP contribution < -0.4 is 10.5 Å². The Morgan fingerprint density at radius 2 is 2.10 bits per heavy atom. The van der Waals surface area contributed by atoms with Gasteiger partial charge in [-0.2, -0.15) is 0 Å². The molecule has 1 aromatic carbocycles. The molecule has 0 aliphatic carbocycles. The van der Waals surface area contributed by atoms with E-state index < -0.39 is 0 Å². The van der Waals surface area contributed by atoms with Crippen LogP contribution in [0.1, 0.15) is 29.3 Å². The minimum absolute atomic E-state index is 0.0942. The van der Waals surface area contributed by atoms with Crippen LogP contribution in [-0.2, 0) is 11.2 Å². The second-order valence-electron chi connectivity index (χ2n) is 7.37. The first-order chi connectivity index (χ1) is 14.6. The smallest absolute Gasteiger partial charge is 0.185 e. The quantitative estimate of drug-likeness (QED) is 0.579. The summed E-state index contributed by atoms with van der Waals surface area (Å²) in [5.74, 6) is 1.81. The molecule has 0 atom stereocenters. The first-order valence-electron chi connectivity index (χ1n) is 10.1. The zero-order valence-electron chi connectivity index (χ0n) is 17.2. The molecule has 2 aromatic rings. The van der Waals surface area contributed by atoms with Crippen molar-refractivity contribution in [1.29, 1.82) is 5.41 Å². The van der Waals surface area contributed by atoms with Gasteiger partial charge in [0.05, 0.1) is 31.9 Å². The van der Waals surface area contributed by atoms with Crippen LogP contribution in [0.2, 0.25) is 0 Å². The molecule has 4 rings (SSSR count). The second kappa shape index (κ2) is 8.93. The number of fused-ring (bicyclic) bond motifs is 3. The molecular weight excluding hydrogens is 400 g/mol. The number of aromatic nitrogens is 1. The van der Waals surface area contributed by atoms with Crippen molar-refractivity contribution in [1.82, 2.24) is 9.88 Å². The summed E-state index contributed by atoms with van der Waals surface area (Å²) in [6.07, 6.45) is 2.02. The van der Waals surface area contributed by atoms with Gasteiger partial charge in [-0.1, -0.05) is 6.07 Å². The van der Waals surface area contributed by atoms with Gasteiger partial charge in [0.2, 0.25) is 0 Å². The third-order valence-corrected chi connectivity index (χ3v) is 6.00. The Balaban J connectivity index is 1.68. The highest BCUT2D eigenvalue weighted by molar-refractivity contribution is 7.14. The Kier molecular flexibility index (Phi) is 6.10. The van der Waals surface area contributed by atoms with Gasteiger partial charge in [0.1, 0.15) is 11.6 Å². The Morgan fingerprint density at radius 1 is 1.30 bits per heavy atom. The van der Waals surface area contributed by atoms with E-state index in [1.165, 1.54) is 6.34 Å². The number of benzene rings is 1. The Morgan fingerprint density at radius 3 is 2.83 bits per heavy atom.